The number of H-pyrrole nitrogens is 1. The normalized spacial score (nSPS) is 13.2. The lowest BCUT2D eigenvalue weighted by Gasteiger charge is -2.27. The van der Waals surface area contributed by atoms with Crippen molar-refractivity contribution in [3.8, 4) is 5.75 Å². The molecule has 0 saturated carbocycles. The Labute approximate surface area is 145 Å². The van der Waals surface area contributed by atoms with E-state index >= 15 is 0 Å². The number of carbonyl (C=O) groups excluding carboxylic acids is 2. The van der Waals surface area contributed by atoms with Crippen LogP contribution in [-0.4, -0.2) is 40.6 Å². The second kappa shape index (κ2) is 7.83. The maximum absolute atomic E-state index is 12.3. The van der Waals surface area contributed by atoms with Gasteiger partial charge in [-0.15, -0.1) is 0 Å². The molecule has 0 aliphatic carbocycles. The number of benzene rings is 1. The number of hydrogen-bond acceptors (Lipinski definition) is 5. The monoisotopic (exact) mass is 343 g/mol. The van der Waals surface area contributed by atoms with Crippen LogP contribution in [0.3, 0.4) is 0 Å². The van der Waals surface area contributed by atoms with E-state index < -0.39 is 0 Å². The standard InChI is InChI=1S/C18H21N3O4/c1-24-18(23)8-7-17(22)21-10-9-15-14(11-21)16(20-19-15)12-25-13-5-3-2-4-6-13/h2-6H,7-12H2,1H3,(H,19,20). The molecule has 2 aromatic rings. The van der Waals surface area contributed by atoms with Gasteiger partial charge in [0.1, 0.15) is 18.1 Å². The topological polar surface area (TPSA) is 84.5 Å². The summed E-state index contributed by atoms with van der Waals surface area (Å²) in [7, 11) is 1.32. The molecular formula is C18H21N3O4. The number of carbonyl (C=O) groups is 2. The number of fused-ring (bicyclic) bond motifs is 1. The Hall–Kier alpha value is -2.83. The third-order valence-corrected chi connectivity index (χ3v) is 4.26. The molecule has 2 heterocycles. The third kappa shape index (κ3) is 4.17. The highest BCUT2D eigenvalue weighted by atomic mass is 16.5. The first-order chi connectivity index (χ1) is 12.2. The summed E-state index contributed by atoms with van der Waals surface area (Å²) in [6, 6.07) is 9.54. The van der Waals surface area contributed by atoms with Crippen LogP contribution in [-0.2, 0) is 33.9 Å². The first-order valence-electron chi connectivity index (χ1n) is 8.25. The van der Waals surface area contributed by atoms with Gasteiger partial charge < -0.3 is 14.4 Å². The lowest BCUT2D eigenvalue weighted by atomic mass is 10.0. The summed E-state index contributed by atoms with van der Waals surface area (Å²) < 4.78 is 10.3. The number of nitrogens with zero attached hydrogens (tertiary/aromatic N) is 2. The van der Waals surface area contributed by atoms with Crippen molar-refractivity contribution in [1.29, 1.82) is 0 Å². The quantitative estimate of drug-likeness (QED) is 0.809. The van der Waals surface area contributed by atoms with Crippen molar-refractivity contribution in [3.63, 3.8) is 0 Å². The van der Waals surface area contributed by atoms with Crippen LogP contribution in [0.1, 0.15) is 29.8 Å². The molecule has 132 valence electrons. The molecule has 7 heteroatoms. The lowest BCUT2D eigenvalue weighted by Crippen LogP contribution is -2.36. The summed E-state index contributed by atoms with van der Waals surface area (Å²) in [6.45, 7) is 1.45. The minimum Gasteiger partial charge on any atom is -0.487 e. The molecule has 1 aliphatic rings. The Morgan fingerprint density at radius 1 is 1.24 bits per heavy atom. The Balaban J connectivity index is 1.61. The van der Waals surface area contributed by atoms with E-state index in [1.165, 1.54) is 7.11 Å². The van der Waals surface area contributed by atoms with E-state index in [2.05, 4.69) is 14.9 Å². The van der Waals surface area contributed by atoms with Crippen LogP contribution in [0.25, 0.3) is 0 Å². The molecule has 1 N–H and O–H groups in total. The molecule has 7 nitrogen and oxygen atoms in total. The van der Waals surface area contributed by atoms with Gasteiger partial charge in [0.2, 0.25) is 5.91 Å². The molecule has 0 bridgehead atoms. The number of esters is 1. The smallest absolute Gasteiger partial charge is 0.306 e. The van der Waals surface area contributed by atoms with Crippen molar-refractivity contribution in [3.05, 3.63) is 47.3 Å². The van der Waals surface area contributed by atoms with Gasteiger partial charge in [-0.1, -0.05) is 18.2 Å². The van der Waals surface area contributed by atoms with Crippen molar-refractivity contribution in [2.24, 2.45) is 0 Å². The number of aromatic amines is 1. The average molecular weight is 343 g/mol. The Morgan fingerprint density at radius 3 is 2.80 bits per heavy atom. The molecule has 1 amide bonds. The molecule has 1 aliphatic heterocycles. The zero-order chi connectivity index (χ0) is 17.6. The number of hydrogen-bond donors (Lipinski definition) is 1. The Bertz CT molecular complexity index is 742. The Kier molecular flexibility index (Phi) is 5.33. The van der Waals surface area contributed by atoms with Crippen LogP contribution in [0.2, 0.25) is 0 Å². The largest absolute Gasteiger partial charge is 0.487 e. The molecule has 1 aromatic carbocycles. The third-order valence-electron chi connectivity index (χ3n) is 4.26. The van der Waals surface area contributed by atoms with Gasteiger partial charge in [0, 0.05) is 37.2 Å². The zero-order valence-electron chi connectivity index (χ0n) is 14.2. The van der Waals surface area contributed by atoms with Gasteiger partial charge in [-0.2, -0.15) is 5.10 Å². The number of rotatable bonds is 6. The molecule has 0 saturated heterocycles. The van der Waals surface area contributed by atoms with Crippen molar-refractivity contribution in [2.75, 3.05) is 13.7 Å². The molecule has 25 heavy (non-hydrogen) atoms. The van der Waals surface area contributed by atoms with Crippen LogP contribution in [0.4, 0.5) is 0 Å². The number of aromatic nitrogens is 2. The van der Waals surface area contributed by atoms with Crippen LogP contribution >= 0.6 is 0 Å². The van der Waals surface area contributed by atoms with E-state index in [9.17, 15) is 9.59 Å². The van der Waals surface area contributed by atoms with E-state index in [4.69, 9.17) is 4.74 Å². The van der Waals surface area contributed by atoms with Gasteiger partial charge in [0.15, 0.2) is 0 Å². The van der Waals surface area contributed by atoms with Gasteiger partial charge in [-0.05, 0) is 12.1 Å². The first kappa shape index (κ1) is 17.0. The van der Waals surface area contributed by atoms with Gasteiger partial charge >= 0.3 is 5.97 Å². The highest BCUT2D eigenvalue weighted by Gasteiger charge is 2.25. The second-order valence-electron chi connectivity index (χ2n) is 5.87. The van der Waals surface area contributed by atoms with Crippen molar-refractivity contribution < 1.29 is 19.1 Å². The molecular weight excluding hydrogens is 322 g/mol. The number of para-hydroxylation sites is 1. The predicted molar refractivity (Wildman–Crippen MR) is 89.7 cm³/mol. The van der Waals surface area contributed by atoms with Crippen LogP contribution in [0.15, 0.2) is 30.3 Å². The SMILES string of the molecule is COC(=O)CCC(=O)N1CCc2[nH]nc(COc3ccccc3)c2C1. The molecule has 3 rings (SSSR count). The van der Waals surface area contributed by atoms with Gasteiger partial charge in [0.05, 0.1) is 13.5 Å². The minimum absolute atomic E-state index is 0.0489. The minimum atomic E-state index is -0.369. The highest BCUT2D eigenvalue weighted by molar-refractivity contribution is 5.81. The van der Waals surface area contributed by atoms with Crippen LogP contribution in [0.5, 0.6) is 5.75 Å². The number of amides is 1. The van der Waals surface area contributed by atoms with E-state index in [1.807, 2.05) is 30.3 Å². The number of methoxy groups -OCH3 is 1. The van der Waals surface area contributed by atoms with E-state index in [0.717, 1.165) is 29.1 Å². The molecule has 0 radical (unpaired) electrons. The maximum atomic E-state index is 12.3. The van der Waals surface area contributed by atoms with Crippen molar-refractivity contribution >= 4 is 11.9 Å². The average Bonchev–Trinajstić information content (AvgIpc) is 3.07. The van der Waals surface area contributed by atoms with Gasteiger partial charge in [0.25, 0.3) is 0 Å². The summed E-state index contributed by atoms with van der Waals surface area (Å²) in [4.78, 5) is 25.3. The molecule has 0 spiro atoms. The number of nitrogens with one attached hydrogen (secondary N) is 1. The summed E-state index contributed by atoms with van der Waals surface area (Å²) in [5, 5.41) is 7.37. The highest BCUT2D eigenvalue weighted by Crippen LogP contribution is 2.22. The summed E-state index contributed by atoms with van der Waals surface area (Å²) >= 11 is 0. The summed E-state index contributed by atoms with van der Waals surface area (Å²) in [5.41, 5.74) is 2.86. The number of ether oxygens (including phenoxy) is 2. The fourth-order valence-electron chi connectivity index (χ4n) is 2.82. The molecule has 1 aromatic heterocycles. The predicted octanol–water partition coefficient (Wildman–Crippen LogP) is 1.83. The summed E-state index contributed by atoms with van der Waals surface area (Å²) in [5.74, 6) is 0.361. The zero-order valence-corrected chi connectivity index (χ0v) is 14.2. The van der Waals surface area contributed by atoms with Crippen LogP contribution in [0, 0.1) is 0 Å². The fourth-order valence-corrected chi connectivity index (χ4v) is 2.82. The second-order valence-corrected chi connectivity index (χ2v) is 5.87. The molecule has 0 unspecified atom stereocenters. The molecule has 0 fully saturated rings. The van der Waals surface area contributed by atoms with Gasteiger partial charge in [-0.25, -0.2) is 0 Å². The first-order valence-corrected chi connectivity index (χ1v) is 8.25. The van der Waals surface area contributed by atoms with E-state index in [0.29, 0.717) is 19.7 Å². The van der Waals surface area contributed by atoms with Crippen LogP contribution < -0.4 is 4.74 Å². The van der Waals surface area contributed by atoms with E-state index in [1.54, 1.807) is 4.90 Å². The van der Waals surface area contributed by atoms with E-state index in [-0.39, 0.29) is 24.7 Å². The van der Waals surface area contributed by atoms with Crippen molar-refractivity contribution in [1.82, 2.24) is 15.1 Å². The fraction of sp³-hybridized carbons (Fsp3) is 0.389. The van der Waals surface area contributed by atoms with Gasteiger partial charge in [-0.3, -0.25) is 14.7 Å². The Morgan fingerprint density at radius 2 is 2.04 bits per heavy atom. The van der Waals surface area contributed by atoms with Crippen molar-refractivity contribution in [2.45, 2.75) is 32.4 Å². The lowest BCUT2D eigenvalue weighted by molar-refractivity contribution is -0.143. The summed E-state index contributed by atoms with van der Waals surface area (Å²) in [6.07, 6.45) is 0.987. The molecule has 0 atom stereocenters. The maximum Gasteiger partial charge on any atom is 0.306 e.